The van der Waals surface area contributed by atoms with E-state index in [4.69, 9.17) is 5.26 Å². The van der Waals surface area contributed by atoms with Gasteiger partial charge in [0.25, 0.3) is 0 Å². The minimum Gasteiger partial charge on any atom is -0.480 e. The average Bonchev–Trinajstić information content (AvgIpc) is 2.71. The number of aliphatic carboxylic acids is 1. The molecule has 4 heteroatoms. The third kappa shape index (κ3) is 2.04. The SMILES string of the molecule is Cc1ccc(C#N)c(N2CCC(C)C2C(=O)O)c1. The fraction of sp³-hybridized carbons (Fsp3) is 0.429. The lowest BCUT2D eigenvalue weighted by atomic mass is 10.0. The number of nitrogens with zero attached hydrogens (tertiary/aromatic N) is 2. The second-order valence-electron chi connectivity index (χ2n) is 4.87. The number of rotatable bonds is 2. The molecule has 0 aliphatic carbocycles. The van der Waals surface area contributed by atoms with Gasteiger partial charge in [0.2, 0.25) is 0 Å². The van der Waals surface area contributed by atoms with E-state index in [-0.39, 0.29) is 5.92 Å². The molecule has 94 valence electrons. The Morgan fingerprint density at radius 3 is 2.89 bits per heavy atom. The van der Waals surface area contributed by atoms with Crippen molar-refractivity contribution >= 4 is 11.7 Å². The topological polar surface area (TPSA) is 64.3 Å². The van der Waals surface area contributed by atoms with Crippen LogP contribution in [0.1, 0.15) is 24.5 Å². The first-order chi connectivity index (χ1) is 8.54. The van der Waals surface area contributed by atoms with Crippen molar-refractivity contribution in [2.45, 2.75) is 26.3 Å². The van der Waals surface area contributed by atoms with Crippen molar-refractivity contribution in [3.8, 4) is 6.07 Å². The molecule has 0 amide bonds. The normalized spacial score (nSPS) is 22.8. The Morgan fingerprint density at radius 1 is 1.56 bits per heavy atom. The third-order valence-electron chi connectivity index (χ3n) is 3.54. The van der Waals surface area contributed by atoms with Crippen LogP contribution >= 0.6 is 0 Å². The maximum atomic E-state index is 11.4. The molecule has 0 bridgehead atoms. The second-order valence-corrected chi connectivity index (χ2v) is 4.87. The van der Waals surface area contributed by atoms with Crippen LogP contribution in [-0.4, -0.2) is 23.7 Å². The van der Waals surface area contributed by atoms with Gasteiger partial charge in [0, 0.05) is 6.54 Å². The summed E-state index contributed by atoms with van der Waals surface area (Å²) in [6, 6.07) is 7.13. The number of benzene rings is 1. The summed E-state index contributed by atoms with van der Waals surface area (Å²) in [7, 11) is 0. The van der Waals surface area contributed by atoms with Gasteiger partial charge < -0.3 is 10.0 Å². The van der Waals surface area contributed by atoms with Crippen molar-refractivity contribution in [2.75, 3.05) is 11.4 Å². The number of nitriles is 1. The molecule has 2 rings (SSSR count). The van der Waals surface area contributed by atoms with E-state index >= 15 is 0 Å². The molecule has 0 saturated carbocycles. The summed E-state index contributed by atoms with van der Waals surface area (Å²) in [5, 5.41) is 18.5. The first-order valence-corrected chi connectivity index (χ1v) is 6.05. The average molecular weight is 244 g/mol. The summed E-state index contributed by atoms with van der Waals surface area (Å²) in [6.07, 6.45) is 0.843. The van der Waals surface area contributed by atoms with Gasteiger partial charge in [-0.2, -0.15) is 5.26 Å². The summed E-state index contributed by atoms with van der Waals surface area (Å²) in [4.78, 5) is 13.2. The van der Waals surface area contributed by atoms with E-state index in [0.717, 1.165) is 17.7 Å². The molecule has 2 unspecified atom stereocenters. The maximum absolute atomic E-state index is 11.4. The van der Waals surface area contributed by atoms with E-state index in [2.05, 4.69) is 6.07 Å². The molecule has 4 nitrogen and oxygen atoms in total. The highest BCUT2D eigenvalue weighted by molar-refractivity contribution is 5.80. The molecule has 2 atom stereocenters. The standard InChI is InChI=1S/C14H16N2O2/c1-9-3-4-11(8-15)12(7-9)16-6-5-10(2)13(16)14(17)18/h3-4,7,10,13H,5-6H2,1-2H3,(H,17,18). The molecule has 0 spiro atoms. The van der Waals surface area contributed by atoms with Gasteiger partial charge in [-0.25, -0.2) is 4.79 Å². The van der Waals surface area contributed by atoms with Crippen LogP contribution in [0.15, 0.2) is 18.2 Å². The predicted molar refractivity (Wildman–Crippen MR) is 68.4 cm³/mol. The summed E-state index contributed by atoms with van der Waals surface area (Å²) < 4.78 is 0. The molecule has 1 heterocycles. The Bertz CT molecular complexity index is 519. The minimum absolute atomic E-state index is 0.106. The maximum Gasteiger partial charge on any atom is 0.326 e. The Labute approximate surface area is 106 Å². The lowest BCUT2D eigenvalue weighted by molar-refractivity contribution is -0.139. The van der Waals surface area contributed by atoms with Crippen LogP contribution in [0.4, 0.5) is 5.69 Å². The smallest absolute Gasteiger partial charge is 0.326 e. The van der Waals surface area contributed by atoms with Gasteiger partial charge >= 0.3 is 5.97 Å². The molecule has 1 fully saturated rings. The monoisotopic (exact) mass is 244 g/mol. The number of hydrogen-bond acceptors (Lipinski definition) is 3. The van der Waals surface area contributed by atoms with Crippen molar-refractivity contribution in [2.24, 2.45) is 5.92 Å². The number of anilines is 1. The van der Waals surface area contributed by atoms with E-state index in [1.54, 1.807) is 6.07 Å². The van der Waals surface area contributed by atoms with E-state index < -0.39 is 12.0 Å². The van der Waals surface area contributed by atoms with Gasteiger partial charge in [-0.1, -0.05) is 13.0 Å². The van der Waals surface area contributed by atoms with Crippen LogP contribution < -0.4 is 4.90 Å². The van der Waals surface area contributed by atoms with Gasteiger partial charge in [0.1, 0.15) is 12.1 Å². The molecule has 1 saturated heterocycles. The molecule has 0 radical (unpaired) electrons. The van der Waals surface area contributed by atoms with Crippen LogP contribution in [0.5, 0.6) is 0 Å². The van der Waals surface area contributed by atoms with Crippen molar-refractivity contribution in [3.63, 3.8) is 0 Å². The summed E-state index contributed by atoms with van der Waals surface area (Å²) in [5.74, 6) is -0.708. The molecule has 1 N–H and O–H groups in total. The van der Waals surface area contributed by atoms with E-state index in [1.165, 1.54) is 0 Å². The second kappa shape index (κ2) is 4.69. The zero-order valence-electron chi connectivity index (χ0n) is 10.6. The molecule has 0 aromatic heterocycles. The zero-order chi connectivity index (χ0) is 13.3. The Kier molecular flexibility index (Phi) is 3.24. The van der Waals surface area contributed by atoms with Gasteiger partial charge in [-0.15, -0.1) is 0 Å². The minimum atomic E-state index is -0.814. The number of carboxylic acid groups (broad SMARTS) is 1. The Morgan fingerprint density at radius 2 is 2.28 bits per heavy atom. The van der Waals surface area contributed by atoms with Crippen molar-refractivity contribution in [3.05, 3.63) is 29.3 Å². The van der Waals surface area contributed by atoms with E-state index in [1.807, 2.05) is 30.9 Å². The first kappa shape index (κ1) is 12.4. The van der Waals surface area contributed by atoms with Crippen LogP contribution in [-0.2, 0) is 4.79 Å². The van der Waals surface area contributed by atoms with Crippen LogP contribution in [0.3, 0.4) is 0 Å². The van der Waals surface area contributed by atoms with Gasteiger partial charge in [0.15, 0.2) is 0 Å². The lowest BCUT2D eigenvalue weighted by Crippen LogP contribution is -2.39. The molecular formula is C14H16N2O2. The zero-order valence-corrected chi connectivity index (χ0v) is 10.6. The highest BCUT2D eigenvalue weighted by Crippen LogP contribution is 2.32. The number of carboxylic acids is 1. The van der Waals surface area contributed by atoms with E-state index in [0.29, 0.717) is 12.1 Å². The summed E-state index contributed by atoms with van der Waals surface area (Å²) >= 11 is 0. The largest absolute Gasteiger partial charge is 0.480 e. The molecular weight excluding hydrogens is 228 g/mol. The van der Waals surface area contributed by atoms with Crippen LogP contribution in [0, 0.1) is 24.2 Å². The van der Waals surface area contributed by atoms with Crippen molar-refractivity contribution in [1.82, 2.24) is 0 Å². The van der Waals surface area contributed by atoms with Gasteiger partial charge in [-0.05, 0) is 37.0 Å². The van der Waals surface area contributed by atoms with E-state index in [9.17, 15) is 9.90 Å². The van der Waals surface area contributed by atoms with Crippen LogP contribution in [0.25, 0.3) is 0 Å². The highest BCUT2D eigenvalue weighted by atomic mass is 16.4. The Balaban J connectivity index is 2.45. The highest BCUT2D eigenvalue weighted by Gasteiger charge is 2.37. The number of hydrogen-bond donors (Lipinski definition) is 1. The molecule has 1 aromatic rings. The van der Waals surface area contributed by atoms with Crippen LogP contribution in [0.2, 0.25) is 0 Å². The number of aryl methyl sites for hydroxylation is 1. The fourth-order valence-corrected chi connectivity index (χ4v) is 2.57. The van der Waals surface area contributed by atoms with Crippen molar-refractivity contribution < 1.29 is 9.90 Å². The molecule has 18 heavy (non-hydrogen) atoms. The molecule has 1 aromatic carbocycles. The molecule has 1 aliphatic heterocycles. The number of carbonyl (C=O) groups is 1. The van der Waals surface area contributed by atoms with Gasteiger partial charge in [0.05, 0.1) is 11.3 Å². The third-order valence-corrected chi connectivity index (χ3v) is 3.54. The quantitative estimate of drug-likeness (QED) is 0.865. The molecule has 1 aliphatic rings. The fourth-order valence-electron chi connectivity index (χ4n) is 2.57. The first-order valence-electron chi connectivity index (χ1n) is 6.05. The Hall–Kier alpha value is -2.02. The van der Waals surface area contributed by atoms with Crippen molar-refractivity contribution in [1.29, 1.82) is 5.26 Å². The van der Waals surface area contributed by atoms with Gasteiger partial charge in [-0.3, -0.25) is 0 Å². The summed E-state index contributed by atoms with van der Waals surface area (Å²) in [5.41, 5.74) is 2.32. The summed E-state index contributed by atoms with van der Waals surface area (Å²) in [6.45, 7) is 4.58. The predicted octanol–water partition coefficient (Wildman–Crippen LogP) is 2.17. The lowest BCUT2D eigenvalue weighted by Gasteiger charge is -2.26.